The van der Waals surface area contributed by atoms with Gasteiger partial charge in [-0.25, -0.2) is 4.79 Å². The van der Waals surface area contributed by atoms with E-state index in [1.807, 2.05) is 12.1 Å². The molecule has 7 nitrogen and oxygen atoms in total. The minimum atomic E-state index is -1.12. The number of nitrogens with zero attached hydrogens (tertiary/aromatic N) is 1. The SMILES string of the molecule is CCOc1cc(/C=C(/C#N)C(=O)Nc2cccc(Br)c2)c(Br)cc1OCC(=O)O. The summed E-state index contributed by atoms with van der Waals surface area (Å²) in [6.07, 6.45) is 1.40. The van der Waals surface area contributed by atoms with Gasteiger partial charge in [0, 0.05) is 14.6 Å². The number of ether oxygens (including phenoxy) is 2. The molecule has 2 aromatic carbocycles. The normalized spacial score (nSPS) is 10.8. The number of anilines is 1. The summed E-state index contributed by atoms with van der Waals surface area (Å²) in [5.41, 5.74) is 0.918. The lowest BCUT2D eigenvalue weighted by atomic mass is 10.1. The number of carboxylic acid groups (broad SMARTS) is 1. The number of hydrogen-bond acceptors (Lipinski definition) is 5. The molecule has 0 aromatic heterocycles. The molecule has 0 spiro atoms. The largest absolute Gasteiger partial charge is 0.490 e. The fourth-order valence-electron chi connectivity index (χ4n) is 2.25. The highest BCUT2D eigenvalue weighted by molar-refractivity contribution is 9.10. The van der Waals surface area contributed by atoms with Crippen LogP contribution in [0, 0.1) is 11.3 Å². The molecule has 2 aromatic rings. The van der Waals surface area contributed by atoms with Crippen molar-refractivity contribution in [3.8, 4) is 17.6 Å². The van der Waals surface area contributed by atoms with Crippen molar-refractivity contribution < 1.29 is 24.2 Å². The van der Waals surface area contributed by atoms with Crippen LogP contribution >= 0.6 is 31.9 Å². The molecule has 29 heavy (non-hydrogen) atoms. The van der Waals surface area contributed by atoms with Crippen molar-refractivity contribution in [2.45, 2.75) is 6.92 Å². The van der Waals surface area contributed by atoms with E-state index in [1.54, 1.807) is 31.2 Å². The van der Waals surface area contributed by atoms with Crippen LogP contribution in [0.3, 0.4) is 0 Å². The van der Waals surface area contributed by atoms with Crippen molar-refractivity contribution in [1.82, 2.24) is 0 Å². The van der Waals surface area contributed by atoms with Gasteiger partial charge in [0.2, 0.25) is 0 Å². The highest BCUT2D eigenvalue weighted by Crippen LogP contribution is 2.35. The first-order valence-electron chi connectivity index (χ1n) is 8.33. The summed E-state index contributed by atoms with van der Waals surface area (Å²) in [6.45, 7) is 1.56. The topological polar surface area (TPSA) is 109 Å². The maximum atomic E-state index is 12.5. The van der Waals surface area contributed by atoms with Crippen LogP contribution in [0.4, 0.5) is 5.69 Å². The van der Waals surface area contributed by atoms with Crippen molar-refractivity contribution in [3.05, 3.63) is 56.5 Å². The molecule has 9 heteroatoms. The van der Waals surface area contributed by atoms with Crippen molar-refractivity contribution in [1.29, 1.82) is 5.26 Å². The lowest BCUT2D eigenvalue weighted by Gasteiger charge is -2.13. The van der Waals surface area contributed by atoms with Gasteiger partial charge in [0.1, 0.15) is 11.6 Å². The van der Waals surface area contributed by atoms with Crippen LogP contribution in [0.25, 0.3) is 6.08 Å². The second-order valence-electron chi connectivity index (χ2n) is 5.57. The fraction of sp³-hybridized carbons (Fsp3) is 0.150. The van der Waals surface area contributed by atoms with Crippen LogP contribution in [0.1, 0.15) is 12.5 Å². The van der Waals surface area contributed by atoms with Gasteiger partial charge in [-0.1, -0.05) is 37.9 Å². The first-order valence-corrected chi connectivity index (χ1v) is 9.92. The van der Waals surface area contributed by atoms with Gasteiger partial charge in [-0.05, 0) is 48.9 Å². The highest BCUT2D eigenvalue weighted by Gasteiger charge is 2.15. The number of nitriles is 1. The molecule has 0 radical (unpaired) electrons. The molecule has 0 atom stereocenters. The maximum absolute atomic E-state index is 12.5. The van der Waals surface area contributed by atoms with Crippen molar-refractivity contribution in [2.75, 3.05) is 18.5 Å². The predicted octanol–water partition coefficient (Wildman–Crippen LogP) is 4.62. The number of carbonyl (C=O) groups is 2. The first-order chi connectivity index (χ1) is 13.8. The van der Waals surface area contributed by atoms with Gasteiger partial charge in [-0.15, -0.1) is 0 Å². The number of carboxylic acids is 1. The number of halogens is 2. The molecule has 0 aliphatic heterocycles. The van der Waals surface area contributed by atoms with E-state index in [2.05, 4.69) is 37.2 Å². The number of carbonyl (C=O) groups excluding carboxylic acids is 1. The van der Waals surface area contributed by atoms with Gasteiger partial charge in [0.25, 0.3) is 5.91 Å². The zero-order valence-corrected chi connectivity index (χ0v) is 18.4. The second-order valence-corrected chi connectivity index (χ2v) is 7.34. The zero-order chi connectivity index (χ0) is 21.4. The monoisotopic (exact) mass is 522 g/mol. The van der Waals surface area contributed by atoms with Gasteiger partial charge in [-0.2, -0.15) is 5.26 Å². The smallest absolute Gasteiger partial charge is 0.341 e. The number of rotatable bonds is 8. The molecular weight excluding hydrogens is 508 g/mol. The summed E-state index contributed by atoms with van der Waals surface area (Å²) >= 11 is 6.67. The minimum absolute atomic E-state index is 0.118. The lowest BCUT2D eigenvalue weighted by molar-refractivity contribution is -0.139. The Morgan fingerprint density at radius 1 is 1.21 bits per heavy atom. The Morgan fingerprint density at radius 3 is 2.55 bits per heavy atom. The third-order valence-electron chi connectivity index (χ3n) is 3.46. The van der Waals surface area contributed by atoms with E-state index in [4.69, 9.17) is 14.6 Å². The van der Waals surface area contributed by atoms with E-state index in [-0.39, 0.29) is 11.3 Å². The Bertz CT molecular complexity index is 999. The number of nitrogens with one attached hydrogen (secondary N) is 1. The zero-order valence-electron chi connectivity index (χ0n) is 15.2. The molecule has 0 aliphatic carbocycles. The average molecular weight is 524 g/mol. The summed E-state index contributed by atoms with van der Waals surface area (Å²) in [6, 6.07) is 12.0. The minimum Gasteiger partial charge on any atom is -0.490 e. The van der Waals surface area contributed by atoms with E-state index >= 15 is 0 Å². The molecule has 0 fully saturated rings. The van der Waals surface area contributed by atoms with Crippen LogP contribution in [0.5, 0.6) is 11.5 Å². The lowest BCUT2D eigenvalue weighted by Crippen LogP contribution is -2.13. The van der Waals surface area contributed by atoms with E-state index in [0.717, 1.165) is 4.47 Å². The molecule has 0 heterocycles. The molecule has 0 aliphatic rings. The third kappa shape index (κ3) is 6.62. The van der Waals surface area contributed by atoms with Gasteiger partial charge < -0.3 is 19.9 Å². The van der Waals surface area contributed by atoms with Crippen molar-refractivity contribution in [3.63, 3.8) is 0 Å². The van der Waals surface area contributed by atoms with Gasteiger partial charge in [-0.3, -0.25) is 4.79 Å². The second kappa shape index (κ2) is 10.6. The molecular formula is C20H16Br2N2O5. The number of benzene rings is 2. The Morgan fingerprint density at radius 2 is 1.93 bits per heavy atom. The molecule has 0 saturated carbocycles. The number of amides is 1. The summed E-state index contributed by atoms with van der Waals surface area (Å²) < 4.78 is 12.0. The number of aliphatic carboxylic acids is 1. The molecule has 2 rings (SSSR count). The van der Waals surface area contributed by atoms with Crippen molar-refractivity contribution in [2.24, 2.45) is 0 Å². The predicted molar refractivity (Wildman–Crippen MR) is 115 cm³/mol. The van der Waals surface area contributed by atoms with Crippen LogP contribution < -0.4 is 14.8 Å². The fourth-order valence-corrected chi connectivity index (χ4v) is 3.09. The Labute approximate surface area is 184 Å². The van der Waals surface area contributed by atoms with E-state index in [0.29, 0.717) is 28.1 Å². The quantitative estimate of drug-likeness (QED) is 0.386. The molecule has 2 N–H and O–H groups in total. The average Bonchev–Trinajstić information content (AvgIpc) is 2.66. The molecule has 0 bridgehead atoms. The van der Waals surface area contributed by atoms with Crippen LogP contribution in [0.15, 0.2) is 50.9 Å². The van der Waals surface area contributed by atoms with E-state index in [9.17, 15) is 14.9 Å². The Balaban J connectivity index is 2.33. The summed E-state index contributed by atoms with van der Waals surface area (Å²) in [5, 5.41) is 20.9. The van der Waals surface area contributed by atoms with Crippen LogP contribution in [0.2, 0.25) is 0 Å². The van der Waals surface area contributed by atoms with Gasteiger partial charge in [0.15, 0.2) is 18.1 Å². The maximum Gasteiger partial charge on any atom is 0.341 e. The van der Waals surface area contributed by atoms with E-state index < -0.39 is 18.5 Å². The molecule has 0 saturated heterocycles. The summed E-state index contributed by atoms with van der Waals surface area (Å²) in [4.78, 5) is 23.2. The first kappa shape index (κ1) is 22.5. The van der Waals surface area contributed by atoms with Gasteiger partial charge in [0.05, 0.1) is 6.61 Å². The Kier molecular flexibility index (Phi) is 8.24. The van der Waals surface area contributed by atoms with Crippen LogP contribution in [-0.4, -0.2) is 30.2 Å². The standard InChI is InChI=1S/C20H16Br2N2O5/c1-2-28-17-7-12(16(22)9-18(17)29-11-19(25)26)6-13(10-23)20(27)24-15-5-3-4-14(21)8-15/h3-9H,2,11H2,1H3,(H,24,27)(H,25,26)/b13-6-. The Hall–Kier alpha value is -2.83. The third-order valence-corrected chi connectivity index (χ3v) is 4.64. The molecule has 150 valence electrons. The molecule has 1 amide bonds. The highest BCUT2D eigenvalue weighted by atomic mass is 79.9. The van der Waals surface area contributed by atoms with Gasteiger partial charge >= 0.3 is 5.97 Å². The number of hydrogen-bond donors (Lipinski definition) is 2. The van der Waals surface area contributed by atoms with Crippen molar-refractivity contribution >= 4 is 55.5 Å². The molecule has 0 unspecified atom stereocenters. The van der Waals surface area contributed by atoms with Crippen LogP contribution in [-0.2, 0) is 9.59 Å². The van der Waals surface area contributed by atoms with E-state index in [1.165, 1.54) is 12.1 Å². The summed E-state index contributed by atoms with van der Waals surface area (Å²) in [5.74, 6) is -1.16. The summed E-state index contributed by atoms with van der Waals surface area (Å²) in [7, 11) is 0.